The van der Waals surface area contributed by atoms with Gasteiger partial charge in [0.05, 0.1) is 0 Å². The number of nitrogens with two attached hydrogens (primary N) is 1. The number of likely N-dealkylation sites (tertiary alicyclic amines) is 1. The first-order chi connectivity index (χ1) is 7.00. The zero-order valence-corrected chi connectivity index (χ0v) is 10.7. The molecule has 0 bridgehead atoms. The maximum absolute atomic E-state index is 6.05. The molecule has 3 heteroatoms. The van der Waals surface area contributed by atoms with Crippen molar-refractivity contribution in [3.63, 3.8) is 0 Å². The Balaban J connectivity index is 2.21. The van der Waals surface area contributed by atoms with Crippen LogP contribution in [0.2, 0.25) is 0 Å². The molecule has 0 aromatic heterocycles. The molecular weight excluding hydrogens is 186 g/mol. The van der Waals surface area contributed by atoms with Gasteiger partial charge in [0.15, 0.2) is 0 Å². The molecule has 0 spiro atoms. The monoisotopic (exact) mass is 213 g/mol. The van der Waals surface area contributed by atoms with E-state index >= 15 is 0 Å². The molecule has 1 aliphatic rings. The molecule has 0 amide bonds. The Bertz CT molecular complexity index is 182. The minimum Gasteiger partial charge on any atom is -0.327 e. The fourth-order valence-electron chi connectivity index (χ4n) is 2.14. The van der Waals surface area contributed by atoms with Crippen LogP contribution in [0.5, 0.6) is 0 Å². The van der Waals surface area contributed by atoms with E-state index in [1.54, 1.807) is 0 Å². The summed E-state index contributed by atoms with van der Waals surface area (Å²) in [5.74, 6) is 0.602. The standard InChI is InChI=1S/C12H27N3/c1-10(2)12(13)6-8-15(4)11-5-7-14(3)9-11/h10-12H,5-9,13H2,1-4H3. The second-order valence-electron chi connectivity index (χ2n) is 5.38. The molecular formula is C12H27N3. The van der Waals surface area contributed by atoms with Gasteiger partial charge in [0.2, 0.25) is 0 Å². The first-order valence-corrected chi connectivity index (χ1v) is 6.15. The topological polar surface area (TPSA) is 32.5 Å². The second-order valence-corrected chi connectivity index (χ2v) is 5.38. The van der Waals surface area contributed by atoms with Crippen molar-refractivity contribution in [2.75, 3.05) is 33.7 Å². The molecule has 1 rings (SSSR count). The lowest BCUT2D eigenvalue weighted by atomic mass is 10.0. The number of nitrogens with zero attached hydrogens (tertiary/aromatic N) is 2. The van der Waals surface area contributed by atoms with E-state index in [-0.39, 0.29) is 0 Å². The van der Waals surface area contributed by atoms with Crippen molar-refractivity contribution in [2.24, 2.45) is 11.7 Å². The molecule has 2 atom stereocenters. The van der Waals surface area contributed by atoms with Crippen LogP contribution in [-0.4, -0.2) is 55.6 Å². The SMILES string of the molecule is CC(C)C(N)CCN(C)C1CCN(C)C1. The van der Waals surface area contributed by atoms with Gasteiger partial charge in [0.25, 0.3) is 0 Å². The van der Waals surface area contributed by atoms with Gasteiger partial charge in [0.1, 0.15) is 0 Å². The number of hydrogen-bond acceptors (Lipinski definition) is 3. The van der Waals surface area contributed by atoms with Crippen LogP contribution in [0, 0.1) is 5.92 Å². The van der Waals surface area contributed by atoms with Crippen LogP contribution in [0.3, 0.4) is 0 Å². The summed E-state index contributed by atoms with van der Waals surface area (Å²) in [6.07, 6.45) is 2.43. The minimum atomic E-state index is 0.353. The van der Waals surface area contributed by atoms with E-state index in [1.165, 1.54) is 19.5 Å². The highest BCUT2D eigenvalue weighted by Gasteiger charge is 2.23. The molecule has 3 nitrogen and oxygen atoms in total. The molecule has 1 saturated heterocycles. The lowest BCUT2D eigenvalue weighted by molar-refractivity contribution is 0.227. The summed E-state index contributed by atoms with van der Waals surface area (Å²) in [6, 6.07) is 1.10. The maximum atomic E-state index is 6.05. The van der Waals surface area contributed by atoms with Gasteiger partial charge < -0.3 is 15.5 Å². The van der Waals surface area contributed by atoms with Gasteiger partial charge in [-0.15, -0.1) is 0 Å². The van der Waals surface area contributed by atoms with Crippen LogP contribution in [-0.2, 0) is 0 Å². The number of rotatable bonds is 5. The lowest BCUT2D eigenvalue weighted by Crippen LogP contribution is -2.38. The first kappa shape index (κ1) is 12.9. The molecule has 2 unspecified atom stereocenters. The molecule has 15 heavy (non-hydrogen) atoms. The summed E-state index contributed by atoms with van der Waals surface area (Å²) in [7, 11) is 4.44. The first-order valence-electron chi connectivity index (χ1n) is 6.15. The zero-order valence-electron chi connectivity index (χ0n) is 10.7. The van der Waals surface area contributed by atoms with E-state index in [0.717, 1.165) is 19.0 Å². The number of hydrogen-bond donors (Lipinski definition) is 1. The van der Waals surface area contributed by atoms with Crippen molar-refractivity contribution >= 4 is 0 Å². The molecule has 90 valence electrons. The van der Waals surface area contributed by atoms with Crippen molar-refractivity contribution in [3.05, 3.63) is 0 Å². The lowest BCUT2D eigenvalue weighted by Gasteiger charge is -2.26. The molecule has 0 aromatic rings. The normalized spacial score (nSPS) is 25.4. The predicted molar refractivity (Wildman–Crippen MR) is 66.0 cm³/mol. The van der Waals surface area contributed by atoms with Gasteiger partial charge >= 0.3 is 0 Å². The van der Waals surface area contributed by atoms with Gasteiger partial charge in [-0.1, -0.05) is 13.8 Å². The van der Waals surface area contributed by atoms with E-state index in [2.05, 4.69) is 37.7 Å². The Labute approximate surface area is 94.6 Å². The van der Waals surface area contributed by atoms with Gasteiger partial charge in [-0.05, 0) is 45.9 Å². The van der Waals surface area contributed by atoms with Crippen molar-refractivity contribution in [3.8, 4) is 0 Å². The summed E-state index contributed by atoms with van der Waals surface area (Å²) >= 11 is 0. The summed E-state index contributed by atoms with van der Waals surface area (Å²) < 4.78 is 0. The van der Waals surface area contributed by atoms with Crippen LogP contribution in [0.25, 0.3) is 0 Å². The smallest absolute Gasteiger partial charge is 0.0232 e. The number of likely N-dealkylation sites (N-methyl/N-ethyl adjacent to an activating group) is 2. The Hall–Kier alpha value is -0.120. The second kappa shape index (κ2) is 5.83. The largest absolute Gasteiger partial charge is 0.327 e. The highest BCUT2D eigenvalue weighted by atomic mass is 15.2. The van der Waals surface area contributed by atoms with E-state index in [0.29, 0.717) is 12.0 Å². The third-order valence-corrected chi connectivity index (χ3v) is 3.66. The van der Waals surface area contributed by atoms with E-state index in [4.69, 9.17) is 5.73 Å². The molecule has 2 N–H and O–H groups in total. The highest BCUT2D eigenvalue weighted by Crippen LogP contribution is 2.13. The predicted octanol–water partition coefficient (Wildman–Crippen LogP) is 0.996. The van der Waals surface area contributed by atoms with Crippen molar-refractivity contribution in [1.29, 1.82) is 0 Å². The van der Waals surface area contributed by atoms with Gasteiger partial charge in [-0.25, -0.2) is 0 Å². The van der Waals surface area contributed by atoms with Crippen LogP contribution in [0.1, 0.15) is 26.7 Å². The Morgan fingerprint density at radius 3 is 2.60 bits per heavy atom. The molecule has 1 aliphatic heterocycles. The molecule has 1 heterocycles. The van der Waals surface area contributed by atoms with Crippen LogP contribution in [0.15, 0.2) is 0 Å². The highest BCUT2D eigenvalue weighted by molar-refractivity contribution is 4.80. The van der Waals surface area contributed by atoms with Crippen LogP contribution >= 0.6 is 0 Å². The average Bonchev–Trinajstić information content (AvgIpc) is 2.60. The van der Waals surface area contributed by atoms with Crippen molar-refractivity contribution in [1.82, 2.24) is 9.80 Å². The van der Waals surface area contributed by atoms with Gasteiger partial charge in [0, 0.05) is 18.6 Å². The molecule has 0 aromatic carbocycles. The average molecular weight is 213 g/mol. The Kier molecular flexibility index (Phi) is 5.03. The Morgan fingerprint density at radius 1 is 1.47 bits per heavy atom. The third-order valence-electron chi connectivity index (χ3n) is 3.66. The van der Waals surface area contributed by atoms with E-state index in [9.17, 15) is 0 Å². The van der Waals surface area contributed by atoms with Gasteiger partial charge in [-0.2, -0.15) is 0 Å². The van der Waals surface area contributed by atoms with E-state index in [1.807, 2.05) is 0 Å². The fraction of sp³-hybridized carbons (Fsp3) is 1.00. The van der Waals surface area contributed by atoms with Crippen LogP contribution < -0.4 is 5.73 Å². The molecule has 0 radical (unpaired) electrons. The van der Waals surface area contributed by atoms with E-state index < -0.39 is 0 Å². The maximum Gasteiger partial charge on any atom is 0.0232 e. The summed E-state index contributed by atoms with van der Waals surface area (Å²) in [5, 5.41) is 0. The molecule has 1 fully saturated rings. The molecule has 0 saturated carbocycles. The quantitative estimate of drug-likeness (QED) is 0.739. The van der Waals surface area contributed by atoms with Crippen molar-refractivity contribution in [2.45, 2.75) is 38.8 Å². The van der Waals surface area contributed by atoms with Gasteiger partial charge in [-0.3, -0.25) is 0 Å². The minimum absolute atomic E-state index is 0.353. The summed E-state index contributed by atoms with van der Waals surface area (Å²) in [4.78, 5) is 4.88. The summed E-state index contributed by atoms with van der Waals surface area (Å²) in [6.45, 7) is 8.00. The van der Waals surface area contributed by atoms with Crippen molar-refractivity contribution < 1.29 is 0 Å². The summed E-state index contributed by atoms with van der Waals surface area (Å²) in [5.41, 5.74) is 6.05. The Morgan fingerprint density at radius 2 is 2.13 bits per heavy atom. The molecule has 0 aliphatic carbocycles. The van der Waals surface area contributed by atoms with Crippen LogP contribution in [0.4, 0.5) is 0 Å². The zero-order chi connectivity index (χ0) is 11.4. The third kappa shape index (κ3) is 4.09. The fourth-order valence-corrected chi connectivity index (χ4v) is 2.14.